The number of rotatable bonds is 5. The minimum Gasteiger partial charge on any atom is -0.478 e. The van der Waals surface area contributed by atoms with E-state index in [-0.39, 0.29) is 29.9 Å². The van der Waals surface area contributed by atoms with Gasteiger partial charge in [0.1, 0.15) is 0 Å². The van der Waals surface area contributed by atoms with E-state index in [1.54, 1.807) is 36.4 Å². The summed E-state index contributed by atoms with van der Waals surface area (Å²) >= 11 is 0. The smallest absolute Gasteiger partial charge is 0.336 e. The third-order valence-electron chi connectivity index (χ3n) is 3.00. The summed E-state index contributed by atoms with van der Waals surface area (Å²) in [6, 6.07) is 13.2. The number of carboxylic acids is 1. The Morgan fingerprint density at radius 3 is 2.20 bits per heavy atom. The average Bonchev–Trinajstić information content (AvgIpc) is 2.47. The Labute approximate surface area is 116 Å². The second kappa shape index (κ2) is 6.12. The summed E-state index contributed by atoms with van der Waals surface area (Å²) in [5.41, 5.74) is 1.69. The molecule has 0 fully saturated rings. The minimum atomic E-state index is -1.11. The molecule has 2 aromatic rings. The maximum Gasteiger partial charge on any atom is 0.336 e. The molecule has 0 aliphatic carbocycles. The number of Topliss-reactive ketones (excluding diaryl/α,β-unsaturated/α-hetero) is 1. The number of benzene rings is 2. The summed E-state index contributed by atoms with van der Waals surface area (Å²) in [6.07, 6.45) is 0.109. The Morgan fingerprint density at radius 1 is 0.900 bits per heavy atom. The van der Waals surface area contributed by atoms with Crippen molar-refractivity contribution in [3.05, 3.63) is 70.8 Å². The molecule has 0 unspecified atom stereocenters. The van der Waals surface area contributed by atoms with Crippen LogP contribution in [-0.2, 0) is 13.0 Å². The molecule has 0 bridgehead atoms. The Hall–Kier alpha value is -2.46. The summed E-state index contributed by atoms with van der Waals surface area (Å²) < 4.78 is 0. The highest BCUT2D eigenvalue weighted by atomic mass is 16.4. The van der Waals surface area contributed by atoms with Crippen molar-refractivity contribution in [3.63, 3.8) is 0 Å². The van der Waals surface area contributed by atoms with Crippen LogP contribution in [0.15, 0.2) is 48.5 Å². The zero-order valence-corrected chi connectivity index (χ0v) is 10.7. The number of hydrogen-bond donors (Lipinski definition) is 2. The number of carbonyl (C=O) groups excluding carboxylic acids is 1. The molecule has 0 atom stereocenters. The van der Waals surface area contributed by atoms with Crippen LogP contribution in [0.25, 0.3) is 0 Å². The van der Waals surface area contributed by atoms with Crippen LogP contribution in [0.5, 0.6) is 0 Å². The van der Waals surface area contributed by atoms with Gasteiger partial charge in [-0.2, -0.15) is 0 Å². The molecule has 0 aliphatic rings. The van der Waals surface area contributed by atoms with Crippen molar-refractivity contribution < 1.29 is 19.8 Å². The van der Waals surface area contributed by atoms with E-state index in [1.165, 1.54) is 12.1 Å². The minimum absolute atomic E-state index is 0.0100. The molecule has 0 heterocycles. The number of aliphatic hydroxyl groups is 1. The topological polar surface area (TPSA) is 74.6 Å². The molecule has 2 aromatic carbocycles. The zero-order chi connectivity index (χ0) is 14.5. The SMILES string of the molecule is O=C(O)c1ccccc1C(=O)Cc1cccc(CO)c1. The van der Waals surface area contributed by atoms with E-state index in [4.69, 9.17) is 10.2 Å². The third kappa shape index (κ3) is 3.10. The van der Waals surface area contributed by atoms with Gasteiger partial charge in [0.05, 0.1) is 12.2 Å². The number of carbonyl (C=O) groups is 2. The summed E-state index contributed by atoms with van der Waals surface area (Å²) in [5.74, 6) is -1.36. The molecule has 4 heteroatoms. The third-order valence-corrected chi connectivity index (χ3v) is 3.00. The van der Waals surface area contributed by atoms with Crippen LogP contribution in [0, 0.1) is 0 Å². The van der Waals surface area contributed by atoms with Crippen molar-refractivity contribution in [1.29, 1.82) is 0 Å². The second-order valence-electron chi connectivity index (χ2n) is 4.43. The Kier molecular flexibility index (Phi) is 4.27. The van der Waals surface area contributed by atoms with E-state index < -0.39 is 5.97 Å². The predicted octanol–water partition coefficient (Wildman–Crippen LogP) is 2.30. The van der Waals surface area contributed by atoms with Gasteiger partial charge >= 0.3 is 5.97 Å². The van der Waals surface area contributed by atoms with Gasteiger partial charge in [-0.3, -0.25) is 4.79 Å². The van der Waals surface area contributed by atoms with Gasteiger partial charge in [0.2, 0.25) is 0 Å². The molecule has 0 aliphatic heterocycles. The monoisotopic (exact) mass is 270 g/mol. The first kappa shape index (κ1) is 14.0. The van der Waals surface area contributed by atoms with Gasteiger partial charge in [-0.05, 0) is 17.2 Å². The molecule has 0 saturated carbocycles. The molecule has 102 valence electrons. The van der Waals surface area contributed by atoms with Crippen molar-refractivity contribution in [3.8, 4) is 0 Å². The van der Waals surface area contributed by atoms with Crippen molar-refractivity contribution in [2.45, 2.75) is 13.0 Å². The number of aliphatic hydroxyl groups excluding tert-OH is 1. The molecule has 0 radical (unpaired) electrons. The number of hydrogen-bond acceptors (Lipinski definition) is 3. The van der Waals surface area contributed by atoms with Crippen LogP contribution in [-0.4, -0.2) is 22.0 Å². The van der Waals surface area contributed by atoms with Gasteiger partial charge in [0, 0.05) is 12.0 Å². The lowest BCUT2D eigenvalue weighted by atomic mass is 9.98. The first-order valence-corrected chi connectivity index (χ1v) is 6.16. The van der Waals surface area contributed by atoms with Gasteiger partial charge < -0.3 is 10.2 Å². The first-order chi connectivity index (χ1) is 9.61. The fourth-order valence-corrected chi connectivity index (χ4v) is 2.03. The van der Waals surface area contributed by atoms with Crippen LogP contribution < -0.4 is 0 Å². The largest absolute Gasteiger partial charge is 0.478 e. The number of carboxylic acid groups (broad SMARTS) is 1. The normalized spacial score (nSPS) is 10.2. The van der Waals surface area contributed by atoms with Crippen molar-refractivity contribution in [1.82, 2.24) is 0 Å². The molecular weight excluding hydrogens is 256 g/mol. The lowest BCUT2D eigenvalue weighted by Gasteiger charge is -2.06. The van der Waals surface area contributed by atoms with Gasteiger partial charge in [-0.15, -0.1) is 0 Å². The van der Waals surface area contributed by atoms with Gasteiger partial charge in [-0.25, -0.2) is 4.79 Å². The lowest BCUT2D eigenvalue weighted by molar-refractivity contribution is 0.0692. The Bertz CT molecular complexity index is 646. The van der Waals surface area contributed by atoms with Crippen molar-refractivity contribution in [2.75, 3.05) is 0 Å². The van der Waals surface area contributed by atoms with E-state index >= 15 is 0 Å². The second-order valence-corrected chi connectivity index (χ2v) is 4.43. The van der Waals surface area contributed by atoms with E-state index in [0.29, 0.717) is 0 Å². The van der Waals surface area contributed by atoms with Crippen LogP contribution in [0.1, 0.15) is 31.8 Å². The Morgan fingerprint density at radius 2 is 1.55 bits per heavy atom. The molecule has 2 N–H and O–H groups in total. The molecular formula is C16H14O4. The van der Waals surface area contributed by atoms with Crippen LogP contribution in [0.2, 0.25) is 0 Å². The highest BCUT2D eigenvalue weighted by Crippen LogP contribution is 2.14. The van der Waals surface area contributed by atoms with Gasteiger partial charge in [-0.1, -0.05) is 42.5 Å². The highest BCUT2D eigenvalue weighted by Gasteiger charge is 2.15. The summed E-state index contributed by atoms with van der Waals surface area (Å²) in [7, 11) is 0. The molecule has 4 nitrogen and oxygen atoms in total. The maximum atomic E-state index is 12.2. The fraction of sp³-hybridized carbons (Fsp3) is 0.125. The average molecular weight is 270 g/mol. The standard InChI is InChI=1S/C16H14O4/c17-10-12-5-3-4-11(8-12)9-15(18)13-6-1-2-7-14(13)16(19)20/h1-8,17H,9-10H2,(H,19,20). The first-order valence-electron chi connectivity index (χ1n) is 6.16. The van der Waals surface area contributed by atoms with Gasteiger partial charge in [0.15, 0.2) is 5.78 Å². The molecule has 0 aromatic heterocycles. The van der Waals surface area contributed by atoms with E-state index in [1.807, 2.05) is 0 Å². The lowest BCUT2D eigenvalue weighted by Crippen LogP contribution is -2.10. The van der Waals surface area contributed by atoms with Crippen molar-refractivity contribution in [2.24, 2.45) is 0 Å². The van der Waals surface area contributed by atoms with Crippen LogP contribution in [0.4, 0.5) is 0 Å². The van der Waals surface area contributed by atoms with Crippen LogP contribution in [0.3, 0.4) is 0 Å². The maximum absolute atomic E-state index is 12.2. The molecule has 0 spiro atoms. The number of ketones is 1. The number of aromatic carboxylic acids is 1. The van der Waals surface area contributed by atoms with Crippen molar-refractivity contribution >= 4 is 11.8 Å². The van der Waals surface area contributed by atoms with E-state index in [0.717, 1.165) is 11.1 Å². The summed E-state index contributed by atoms with van der Waals surface area (Å²) in [4.78, 5) is 23.3. The predicted molar refractivity (Wildman–Crippen MR) is 73.8 cm³/mol. The molecule has 0 saturated heterocycles. The Balaban J connectivity index is 2.26. The van der Waals surface area contributed by atoms with Gasteiger partial charge in [0.25, 0.3) is 0 Å². The molecule has 2 rings (SSSR count). The summed E-state index contributed by atoms with van der Waals surface area (Å²) in [6.45, 7) is -0.0895. The molecule has 0 amide bonds. The van der Waals surface area contributed by atoms with E-state index in [2.05, 4.69) is 0 Å². The quantitative estimate of drug-likeness (QED) is 0.817. The summed E-state index contributed by atoms with van der Waals surface area (Å²) in [5, 5.41) is 18.1. The van der Waals surface area contributed by atoms with E-state index in [9.17, 15) is 9.59 Å². The molecule has 20 heavy (non-hydrogen) atoms. The van der Waals surface area contributed by atoms with Crippen LogP contribution >= 0.6 is 0 Å². The zero-order valence-electron chi connectivity index (χ0n) is 10.7. The highest BCUT2D eigenvalue weighted by molar-refractivity contribution is 6.06. The fourth-order valence-electron chi connectivity index (χ4n) is 2.03.